The van der Waals surface area contributed by atoms with Gasteiger partial charge in [0, 0.05) is 31.1 Å². The van der Waals surface area contributed by atoms with E-state index in [0.717, 1.165) is 4.90 Å². The Morgan fingerprint density at radius 2 is 1.86 bits per heavy atom. The first-order valence-corrected chi connectivity index (χ1v) is 8.79. The number of benzene rings is 2. The number of halogens is 1. The summed E-state index contributed by atoms with van der Waals surface area (Å²) < 4.78 is 23.3. The molecule has 144 valence electrons. The standard InChI is InChI=1S/C20H17FN2O5/c21-15-4-6-16(7-5-15)28-17-3-1-2-14(8-17)19(25)22-9-13(10-22)11-23-18(24)12-27-20(23)26/h1-8,13H,9-12H2. The zero-order chi connectivity index (χ0) is 19.7. The zero-order valence-electron chi connectivity index (χ0n) is 14.8. The number of cyclic esters (lactones) is 1. The monoisotopic (exact) mass is 384 g/mol. The van der Waals surface area contributed by atoms with Gasteiger partial charge in [-0.3, -0.25) is 9.59 Å². The van der Waals surface area contributed by atoms with Gasteiger partial charge in [-0.25, -0.2) is 14.1 Å². The van der Waals surface area contributed by atoms with Crippen molar-refractivity contribution in [2.75, 3.05) is 26.2 Å². The predicted octanol–water partition coefficient (Wildman–Crippen LogP) is 2.67. The van der Waals surface area contributed by atoms with Gasteiger partial charge in [-0.05, 0) is 42.5 Å². The van der Waals surface area contributed by atoms with Crippen LogP contribution in [0.25, 0.3) is 0 Å². The molecular formula is C20H17FN2O5. The third-order valence-corrected chi connectivity index (χ3v) is 4.66. The SMILES string of the molecule is O=C(c1cccc(Oc2ccc(F)cc2)c1)N1CC(CN2C(=O)COC2=O)C1. The molecule has 2 aliphatic heterocycles. The van der Waals surface area contributed by atoms with Gasteiger partial charge in [-0.15, -0.1) is 0 Å². The van der Waals surface area contributed by atoms with E-state index in [1.165, 1.54) is 24.3 Å². The second-order valence-corrected chi connectivity index (χ2v) is 6.72. The molecule has 3 amide bonds. The number of nitrogens with zero attached hydrogens (tertiary/aromatic N) is 2. The van der Waals surface area contributed by atoms with Crippen molar-refractivity contribution in [1.82, 2.24) is 9.80 Å². The minimum Gasteiger partial charge on any atom is -0.457 e. The lowest BCUT2D eigenvalue weighted by molar-refractivity contribution is -0.126. The number of amides is 3. The van der Waals surface area contributed by atoms with Gasteiger partial charge in [-0.2, -0.15) is 0 Å². The van der Waals surface area contributed by atoms with E-state index < -0.39 is 6.09 Å². The largest absolute Gasteiger partial charge is 0.457 e. The van der Waals surface area contributed by atoms with Crippen LogP contribution in [0, 0.1) is 11.7 Å². The van der Waals surface area contributed by atoms with Crippen molar-refractivity contribution in [1.29, 1.82) is 0 Å². The van der Waals surface area contributed by atoms with Crippen LogP contribution in [0.3, 0.4) is 0 Å². The van der Waals surface area contributed by atoms with Gasteiger partial charge >= 0.3 is 6.09 Å². The number of carbonyl (C=O) groups is 3. The Balaban J connectivity index is 1.35. The van der Waals surface area contributed by atoms with Crippen LogP contribution in [0.1, 0.15) is 10.4 Å². The minimum atomic E-state index is -0.625. The Morgan fingerprint density at radius 3 is 2.54 bits per heavy atom. The average Bonchev–Trinajstić information content (AvgIpc) is 2.97. The van der Waals surface area contributed by atoms with Crippen molar-refractivity contribution in [3.05, 3.63) is 59.9 Å². The summed E-state index contributed by atoms with van der Waals surface area (Å²) in [5, 5.41) is 0. The van der Waals surface area contributed by atoms with Gasteiger partial charge in [0.2, 0.25) is 0 Å². The van der Waals surface area contributed by atoms with E-state index in [0.29, 0.717) is 30.2 Å². The van der Waals surface area contributed by atoms with E-state index in [2.05, 4.69) is 4.74 Å². The van der Waals surface area contributed by atoms with Crippen LogP contribution in [-0.2, 0) is 9.53 Å². The molecular weight excluding hydrogens is 367 g/mol. The van der Waals surface area contributed by atoms with Gasteiger partial charge < -0.3 is 14.4 Å². The second-order valence-electron chi connectivity index (χ2n) is 6.72. The summed E-state index contributed by atoms with van der Waals surface area (Å²) in [4.78, 5) is 38.4. The second kappa shape index (κ2) is 7.30. The third-order valence-electron chi connectivity index (χ3n) is 4.66. The fourth-order valence-corrected chi connectivity index (χ4v) is 3.18. The normalized spacial score (nSPS) is 16.8. The van der Waals surface area contributed by atoms with Crippen molar-refractivity contribution in [3.8, 4) is 11.5 Å². The Morgan fingerprint density at radius 1 is 1.11 bits per heavy atom. The molecule has 8 heteroatoms. The Hall–Kier alpha value is -3.42. The summed E-state index contributed by atoms with van der Waals surface area (Å²) >= 11 is 0. The average molecular weight is 384 g/mol. The Bertz CT molecular complexity index is 908. The predicted molar refractivity (Wildman–Crippen MR) is 95.4 cm³/mol. The highest BCUT2D eigenvalue weighted by atomic mass is 19.1. The molecule has 0 bridgehead atoms. The van der Waals surface area contributed by atoms with Crippen LogP contribution in [0.15, 0.2) is 48.5 Å². The molecule has 0 radical (unpaired) electrons. The maximum atomic E-state index is 13.0. The molecule has 0 N–H and O–H groups in total. The van der Waals surface area contributed by atoms with E-state index >= 15 is 0 Å². The van der Waals surface area contributed by atoms with Crippen LogP contribution in [0.2, 0.25) is 0 Å². The van der Waals surface area contributed by atoms with Crippen molar-refractivity contribution in [3.63, 3.8) is 0 Å². The van der Waals surface area contributed by atoms with Crippen LogP contribution in [0.4, 0.5) is 9.18 Å². The third kappa shape index (κ3) is 3.66. The molecule has 0 unspecified atom stereocenters. The van der Waals surface area contributed by atoms with E-state index in [1.54, 1.807) is 29.2 Å². The molecule has 0 aromatic heterocycles. The van der Waals surface area contributed by atoms with Crippen molar-refractivity contribution in [2.45, 2.75) is 0 Å². The molecule has 0 aliphatic carbocycles. The number of imide groups is 1. The summed E-state index contributed by atoms with van der Waals surface area (Å²) in [6, 6.07) is 12.3. The highest BCUT2D eigenvalue weighted by molar-refractivity contribution is 5.98. The number of hydrogen-bond donors (Lipinski definition) is 0. The fourth-order valence-electron chi connectivity index (χ4n) is 3.18. The minimum absolute atomic E-state index is 0.0391. The quantitative estimate of drug-likeness (QED) is 0.792. The van der Waals surface area contributed by atoms with Crippen LogP contribution in [-0.4, -0.2) is 53.9 Å². The van der Waals surface area contributed by atoms with Crippen molar-refractivity contribution in [2.24, 2.45) is 5.92 Å². The van der Waals surface area contributed by atoms with Crippen molar-refractivity contribution < 1.29 is 28.2 Å². The van der Waals surface area contributed by atoms with E-state index in [9.17, 15) is 18.8 Å². The lowest BCUT2D eigenvalue weighted by Crippen LogP contribution is -2.54. The molecule has 2 heterocycles. The van der Waals surface area contributed by atoms with Crippen molar-refractivity contribution >= 4 is 17.9 Å². The molecule has 0 atom stereocenters. The molecule has 2 aromatic carbocycles. The van der Waals surface area contributed by atoms with Gasteiger partial charge in [0.25, 0.3) is 11.8 Å². The lowest BCUT2D eigenvalue weighted by atomic mass is 9.98. The summed E-state index contributed by atoms with van der Waals surface area (Å²) in [5.74, 6) is 0.123. The van der Waals surface area contributed by atoms with Gasteiger partial charge in [-0.1, -0.05) is 6.07 Å². The molecule has 7 nitrogen and oxygen atoms in total. The van der Waals surface area contributed by atoms with E-state index in [4.69, 9.17) is 4.74 Å². The number of hydrogen-bond acceptors (Lipinski definition) is 5. The lowest BCUT2D eigenvalue weighted by Gasteiger charge is -2.40. The van der Waals surface area contributed by atoms with Crippen LogP contribution in [0.5, 0.6) is 11.5 Å². The molecule has 2 saturated heterocycles. The van der Waals surface area contributed by atoms with Gasteiger partial charge in [0.1, 0.15) is 17.3 Å². The summed E-state index contributed by atoms with van der Waals surface area (Å²) in [6.07, 6.45) is -0.625. The van der Waals surface area contributed by atoms with Crippen LogP contribution < -0.4 is 4.74 Å². The molecule has 4 rings (SSSR count). The first kappa shape index (κ1) is 18.0. The molecule has 0 saturated carbocycles. The highest BCUT2D eigenvalue weighted by Crippen LogP contribution is 2.25. The topological polar surface area (TPSA) is 76.2 Å². The number of rotatable bonds is 5. The Labute approximate surface area is 160 Å². The van der Waals surface area contributed by atoms with E-state index in [-0.39, 0.29) is 36.7 Å². The maximum Gasteiger partial charge on any atom is 0.417 e. The van der Waals surface area contributed by atoms with E-state index in [1.807, 2.05) is 0 Å². The Kier molecular flexibility index (Phi) is 4.68. The number of likely N-dealkylation sites (tertiary alicyclic amines) is 1. The molecule has 2 fully saturated rings. The smallest absolute Gasteiger partial charge is 0.417 e. The molecule has 28 heavy (non-hydrogen) atoms. The highest BCUT2D eigenvalue weighted by Gasteiger charge is 2.38. The molecule has 2 aliphatic rings. The molecule has 2 aromatic rings. The summed E-state index contributed by atoms with van der Waals surface area (Å²) in [6.45, 7) is 0.960. The molecule has 0 spiro atoms. The summed E-state index contributed by atoms with van der Waals surface area (Å²) in [5.41, 5.74) is 0.467. The first-order chi connectivity index (χ1) is 13.5. The number of carbonyl (C=O) groups excluding carboxylic acids is 3. The van der Waals surface area contributed by atoms with Crippen LogP contribution >= 0.6 is 0 Å². The maximum absolute atomic E-state index is 13.0. The summed E-state index contributed by atoms with van der Waals surface area (Å²) in [7, 11) is 0. The first-order valence-electron chi connectivity index (χ1n) is 8.79. The van der Waals surface area contributed by atoms with Gasteiger partial charge in [0.05, 0.1) is 0 Å². The van der Waals surface area contributed by atoms with Gasteiger partial charge in [0.15, 0.2) is 6.61 Å². The number of ether oxygens (including phenoxy) is 2. The zero-order valence-corrected chi connectivity index (χ0v) is 14.8. The fraction of sp³-hybridized carbons (Fsp3) is 0.250.